The molecule has 1 aromatic carbocycles. The van der Waals surface area contributed by atoms with Gasteiger partial charge in [0.2, 0.25) is 15.9 Å². The third-order valence-electron chi connectivity index (χ3n) is 5.86. The number of carbonyl (C=O) groups excluding carboxylic acids is 1. The number of sulfonamides is 1. The monoisotopic (exact) mass is 491 g/mol. The minimum absolute atomic E-state index is 0.0197. The van der Waals surface area contributed by atoms with Crippen molar-refractivity contribution >= 4 is 22.0 Å². The molecule has 1 aromatic heterocycles. The van der Waals surface area contributed by atoms with Gasteiger partial charge in [-0.1, -0.05) is 19.1 Å². The Labute approximate surface area is 199 Å². The van der Waals surface area contributed by atoms with E-state index in [0.29, 0.717) is 0 Å². The lowest BCUT2D eigenvalue weighted by molar-refractivity contribution is 0.0373. The van der Waals surface area contributed by atoms with Gasteiger partial charge in [0, 0.05) is 25.7 Å². The van der Waals surface area contributed by atoms with E-state index in [4.69, 9.17) is 4.74 Å². The number of benzene rings is 1. The van der Waals surface area contributed by atoms with Crippen LogP contribution in [0.3, 0.4) is 0 Å². The molecule has 0 bridgehead atoms. The first-order valence-electron chi connectivity index (χ1n) is 11.0. The number of rotatable bonds is 7. The fraction of sp³-hybridized carbons (Fsp3) is 0.417. The van der Waals surface area contributed by atoms with Crippen LogP contribution in [-0.2, 0) is 10.0 Å². The third kappa shape index (κ3) is 5.45. The minimum atomic E-state index is -3.90. The number of fused-ring (bicyclic) bond motifs is 1. The number of aromatic nitrogens is 1. The van der Waals surface area contributed by atoms with Crippen molar-refractivity contribution in [2.75, 3.05) is 26.7 Å². The van der Waals surface area contributed by atoms with Gasteiger partial charge in [-0.05, 0) is 49.7 Å². The summed E-state index contributed by atoms with van der Waals surface area (Å²) in [5.41, 5.74) is 0.966. The summed E-state index contributed by atoms with van der Waals surface area (Å²) in [6.45, 7) is 5.46. The topological polar surface area (TPSA) is 100 Å². The number of halogens is 1. The standard InChI is InChI=1S/C24H30FN3O5S/c1-5-6-18-11-21-23(26-12-18)33-22(16(2)13-28(24(21)30)17(3)15-29)14-27(4)34(31,32)20-9-7-19(25)8-10-20/h5-12,16-17,22,29H,13-15H2,1-4H3/b6-5+/t16-,17+,22+/m1/s1. The summed E-state index contributed by atoms with van der Waals surface area (Å²) < 4.78 is 46.6. The van der Waals surface area contributed by atoms with Crippen LogP contribution in [0.25, 0.3) is 6.08 Å². The minimum Gasteiger partial charge on any atom is -0.472 e. The van der Waals surface area contributed by atoms with Crippen molar-refractivity contribution in [2.24, 2.45) is 5.92 Å². The molecule has 1 amide bonds. The molecule has 0 saturated heterocycles. The first kappa shape index (κ1) is 25.8. The smallest absolute Gasteiger partial charge is 0.259 e. The van der Waals surface area contributed by atoms with E-state index in [9.17, 15) is 22.7 Å². The van der Waals surface area contributed by atoms with E-state index >= 15 is 0 Å². The number of carbonyl (C=O) groups is 1. The zero-order valence-electron chi connectivity index (χ0n) is 19.7. The van der Waals surface area contributed by atoms with Crippen molar-refractivity contribution in [3.8, 4) is 5.88 Å². The predicted molar refractivity (Wildman–Crippen MR) is 126 cm³/mol. The van der Waals surface area contributed by atoms with Gasteiger partial charge in [-0.2, -0.15) is 4.31 Å². The molecule has 34 heavy (non-hydrogen) atoms. The second-order valence-corrected chi connectivity index (χ2v) is 10.5. The van der Waals surface area contributed by atoms with E-state index < -0.39 is 28.0 Å². The maximum absolute atomic E-state index is 13.3. The Hall–Kier alpha value is -2.82. The SMILES string of the molecule is C/C=C/c1cnc2c(c1)C(=O)N([C@@H](C)CO)C[C@@H](C)[C@H](CN(C)S(=O)(=O)c1ccc(F)cc1)O2. The Morgan fingerprint density at radius 2 is 2.03 bits per heavy atom. The molecule has 2 heterocycles. The number of aliphatic hydroxyl groups is 1. The number of pyridine rings is 1. The highest BCUT2D eigenvalue weighted by molar-refractivity contribution is 7.89. The highest BCUT2D eigenvalue weighted by Gasteiger charge is 2.35. The fourth-order valence-electron chi connectivity index (χ4n) is 3.76. The van der Waals surface area contributed by atoms with E-state index in [0.717, 1.165) is 22.0 Å². The normalized spacial score (nSPS) is 20.1. The number of aliphatic hydroxyl groups excluding tert-OH is 1. The number of likely N-dealkylation sites (N-methyl/N-ethyl adjacent to an activating group) is 1. The summed E-state index contributed by atoms with van der Waals surface area (Å²) in [4.78, 5) is 19.2. The number of amides is 1. The van der Waals surface area contributed by atoms with E-state index in [-0.39, 0.29) is 47.9 Å². The maximum Gasteiger partial charge on any atom is 0.259 e. The highest BCUT2D eigenvalue weighted by atomic mass is 32.2. The molecule has 0 unspecified atom stereocenters. The van der Waals surface area contributed by atoms with Gasteiger partial charge in [0.1, 0.15) is 17.5 Å². The lowest BCUT2D eigenvalue weighted by atomic mass is 10.00. The second-order valence-electron chi connectivity index (χ2n) is 8.48. The third-order valence-corrected chi connectivity index (χ3v) is 7.70. The Balaban J connectivity index is 1.97. The van der Waals surface area contributed by atoms with Gasteiger partial charge in [-0.3, -0.25) is 4.79 Å². The van der Waals surface area contributed by atoms with Crippen molar-refractivity contribution in [3.63, 3.8) is 0 Å². The van der Waals surface area contributed by atoms with Crippen LogP contribution in [0, 0.1) is 11.7 Å². The quantitative estimate of drug-likeness (QED) is 0.639. The molecule has 3 atom stereocenters. The summed E-state index contributed by atoms with van der Waals surface area (Å²) in [5.74, 6) is -1.01. The van der Waals surface area contributed by atoms with Crippen molar-refractivity contribution < 1.29 is 27.4 Å². The van der Waals surface area contributed by atoms with E-state index in [1.54, 1.807) is 24.1 Å². The van der Waals surface area contributed by atoms with Crippen molar-refractivity contribution in [2.45, 2.75) is 37.8 Å². The van der Waals surface area contributed by atoms with Gasteiger partial charge in [0.25, 0.3) is 5.91 Å². The zero-order chi connectivity index (χ0) is 25.0. The first-order valence-corrected chi connectivity index (χ1v) is 12.5. The summed E-state index contributed by atoms with van der Waals surface area (Å²) in [7, 11) is -2.47. The van der Waals surface area contributed by atoms with Crippen LogP contribution < -0.4 is 4.74 Å². The molecule has 1 aliphatic rings. The molecule has 0 spiro atoms. The Morgan fingerprint density at radius 1 is 1.35 bits per heavy atom. The molecule has 10 heteroatoms. The molecule has 0 radical (unpaired) electrons. The molecular weight excluding hydrogens is 461 g/mol. The van der Waals surface area contributed by atoms with E-state index in [1.165, 1.54) is 19.2 Å². The van der Waals surface area contributed by atoms with Gasteiger partial charge < -0.3 is 14.7 Å². The van der Waals surface area contributed by atoms with E-state index in [2.05, 4.69) is 4.98 Å². The number of nitrogens with zero attached hydrogens (tertiary/aromatic N) is 3. The van der Waals surface area contributed by atoms with Crippen LogP contribution in [0.2, 0.25) is 0 Å². The van der Waals surface area contributed by atoms with Crippen LogP contribution in [0.4, 0.5) is 4.39 Å². The number of hydrogen-bond acceptors (Lipinski definition) is 6. The van der Waals surface area contributed by atoms with Crippen molar-refractivity contribution in [3.05, 3.63) is 59.5 Å². The summed E-state index contributed by atoms with van der Waals surface area (Å²) in [5, 5.41) is 9.74. The molecule has 1 aliphatic heterocycles. The largest absolute Gasteiger partial charge is 0.472 e. The fourth-order valence-corrected chi connectivity index (χ4v) is 4.94. The molecule has 1 N–H and O–H groups in total. The number of hydrogen-bond donors (Lipinski definition) is 1. The molecular formula is C24H30FN3O5S. The maximum atomic E-state index is 13.3. The van der Waals surface area contributed by atoms with Gasteiger partial charge in [0.15, 0.2) is 0 Å². The zero-order valence-corrected chi connectivity index (χ0v) is 20.5. The van der Waals surface area contributed by atoms with E-state index in [1.807, 2.05) is 26.0 Å². The lowest BCUT2D eigenvalue weighted by Crippen LogP contribution is -2.50. The summed E-state index contributed by atoms with van der Waals surface area (Å²) in [6.07, 6.45) is 4.57. The Kier molecular flexibility index (Phi) is 8.06. The molecule has 0 saturated carbocycles. The first-order chi connectivity index (χ1) is 16.1. The van der Waals surface area contributed by atoms with Crippen LogP contribution in [0.1, 0.15) is 36.7 Å². The molecule has 0 aliphatic carbocycles. The Morgan fingerprint density at radius 3 is 2.65 bits per heavy atom. The van der Waals surface area contributed by atoms with Crippen molar-refractivity contribution in [1.29, 1.82) is 0 Å². The molecule has 3 rings (SSSR count). The number of ether oxygens (including phenoxy) is 1. The second kappa shape index (κ2) is 10.6. The molecule has 184 valence electrons. The van der Waals surface area contributed by atoms with Gasteiger partial charge >= 0.3 is 0 Å². The van der Waals surface area contributed by atoms with Gasteiger partial charge in [-0.15, -0.1) is 0 Å². The summed E-state index contributed by atoms with van der Waals surface area (Å²) in [6, 6.07) is 5.84. The van der Waals surface area contributed by atoms with Gasteiger partial charge in [-0.25, -0.2) is 17.8 Å². The molecule has 0 fully saturated rings. The Bertz CT molecular complexity index is 1150. The lowest BCUT2D eigenvalue weighted by Gasteiger charge is -2.37. The van der Waals surface area contributed by atoms with Gasteiger partial charge in [0.05, 0.1) is 24.1 Å². The van der Waals surface area contributed by atoms with Crippen molar-refractivity contribution in [1.82, 2.24) is 14.2 Å². The molecule has 2 aromatic rings. The average molecular weight is 492 g/mol. The molecule has 8 nitrogen and oxygen atoms in total. The highest BCUT2D eigenvalue weighted by Crippen LogP contribution is 2.28. The van der Waals surface area contributed by atoms with Crippen LogP contribution >= 0.6 is 0 Å². The van der Waals surface area contributed by atoms with Crippen LogP contribution in [0.15, 0.2) is 47.5 Å². The van der Waals surface area contributed by atoms with Crippen LogP contribution in [-0.4, -0.2) is 72.5 Å². The van der Waals surface area contributed by atoms with Crippen LogP contribution in [0.5, 0.6) is 5.88 Å². The number of allylic oxidation sites excluding steroid dienone is 1. The summed E-state index contributed by atoms with van der Waals surface area (Å²) >= 11 is 0. The average Bonchev–Trinajstić information content (AvgIpc) is 2.81. The predicted octanol–water partition coefficient (Wildman–Crippen LogP) is 2.79.